The molecule has 1 aromatic carbocycles. The van der Waals surface area contributed by atoms with E-state index in [2.05, 4.69) is 15.6 Å². The number of carbonyl (C=O) groups excluding carboxylic acids is 2. The highest BCUT2D eigenvalue weighted by Crippen LogP contribution is 2.36. The van der Waals surface area contributed by atoms with E-state index in [0.717, 1.165) is 17.3 Å². The number of ketones is 1. The maximum atomic E-state index is 12.4. The number of nitrogens with zero attached hydrogens (tertiary/aromatic N) is 1. The van der Waals surface area contributed by atoms with E-state index in [1.807, 2.05) is 30.3 Å². The lowest BCUT2D eigenvalue weighted by molar-refractivity contribution is -0.116. The number of nitrogens with one attached hydrogen (secondary N) is 2. The fraction of sp³-hybridized carbons (Fsp3) is 0.235. The van der Waals surface area contributed by atoms with Gasteiger partial charge in [0.15, 0.2) is 5.78 Å². The fourth-order valence-electron chi connectivity index (χ4n) is 3.25. The van der Waals surface area contributed by atoms with Gasteiger partial charge in [-0.1, -0.05) is 29.8 Å². The smallest absolute Gasteiger partial charge is 0.319 e. The number of hydrogen-bond donors (Lipinski definition) is 2. The molecule has 0 spiro atoms. The summed E-state index contributed by atoms with van der Waals surface area (Å²) in [6, 6.07) is 8.66. The van der Waals surface area contributed by atoms with Gasteiger partial charge in [-0.25, -0.2) is 9.78 Å². The van der Waals surface area contributed by atoms with E-state index in [0.29, 0.717) is 34.8 Å². The number of para-hydroxylation sites is 1. The van der Waals surface area contributed by atoms with Crippen molar-refractivity contribution in [2.75, 3.05) is 0 Å². The van der Waals surface area contributed by atoms with Crippen LogP contribution < -0.4 is 10.6 Å². The normalized spacial score (nSPS) is 21.0. The molecule has 23 heavy (non-hydrogen) atoms. The van der Waals surface area contributed by atoms with Crippen molar-refractivity contribution in [3.8, 4) is 0 Å². The number of rotatable bonds is 1. The highest BCUT2D eigenvalue weighted by molar-refractivity contribution is 6.30. The number of fused-ring (bicyclic) bond motifs is 1. The molecule has 6 heteroatoms. The van der Waals surface area contributed by atoms with Crippen molar-refractivity contribution in [3.05, 3.63) is 52.3 Å². The topological polar surface area (TPSA) is 71.1 Å². The zero-order valence-corrected chi connectivity index (χ0v) is 13.0. The molecule has 1 atom stereocenters. The van der Waals surface area contributed by atoms with Gasteiger partial charge in [-0.05, 0) is 25.0 Å². The molecule has 5 nitrogen and oxygen atoms in total. The molecule has 4 rings (SSSR count). The average molecular weight is 328 g/mol. The van der Waals surface area contributed by atoms with Gasteiger partial charge < -0.3 is 10.6 Å². The first-order valence-electron chi connectivity index (χ1n) is 7.52. The summed E-state index contributed by atoms with van der Waals surface area (Å²) in [6.07, 6.45) is 1.95. The van der Waals surface area contributed by atoms with Crippen LogP contribution in [0.25, 0.3) is 10.9 Å². The van der Waals surface area contributed by atoms with Crippen LogP contribution in [0.1, 0.15) is 30.9 Å². The zero-order chi connectivity index (χ0) is 16.0. The minimum Gasteiger partial charge on any atom is -0.327 e. The molecular formula is C17H14ClN3O2. The summed E-state index contributed by atoms with van der Waals surface area (Å²) in [4.78, 5) is 28.7. The molecule has 0 fully saturated rings. The fourth-order valence-corrected chi connectivity index (χ4v) is 3.50. The van der Waals surface area contributed by atoms with Gasteiger partial charge in [-0.3, -0.25) is 4.79 Å². The number of amides is 2. The van der Waals surface area contributed by atoms with Crippen LogP contribution in [0.3, 0.4) is 0 Å². The molecule has 116 valence electrons. The molecule has 2 aromatic rings. The Morgan fingerprint density at radius 3 is 2.87 bits per heavy atom. The van der Waals surface area contributed by atoms with Gasteiger partial charge in [0.25, 0.3) is 0 Å². The van der Waals surface area contributed by atoms with Gasteiger partial charge in [0.05, 0.1) is 11.6 Å². The molecule has 0 bridgehead atoms. The van der Waals surface area contributed by atoms with Gasteiger partial charge >= 0.3 is 6.03 Å². The predicted octanol–water partition coefficient (Wildman–Crippen LogP) is 3.25. The minimum absolute atomic E-state index is 0.0491. The Kier molecular flexibility index (Phi) is 3.31. The highest BCUT2D eigenvalue weighted by atomic mass is 35.5. The summed E-state index contributed by atoms with van der Waals surface area (Å²) in [5, 5.41) is 6.79. The van der Waals surface area contributed by atoms with Crippen molar-refractivity contribution in [1.82, 2.24) is 15.6 Å². The van der Waals surface area contributed by atoms with Crippen molar-refractivity contribution >= 4 is 34.3 Å². The first-order valence-corrected chi connectivity index (χ1v) is 7.90. The summed E-state index contributed by atoms with van der Waals surface area (Å²) >= 11 is 6.35. The first-order chi connectivity index (χ1) is 11.1. The molecule has 1 unspecified atom stereocenters. The van der Waals surface area contributed by atoms with E-state index in [1.165, 1.54) is 0 Å². The maximum Gasteiger partial charge on any atom is 0.319 e. The lowest BCUT2D eigenvalue weighted by Gasteiger charge is -2.32. The monoisotopic (exact) mass is 327 g/mol. The van der Waals surface area contributed by atoms with Crippen molar-refractivity contribution in [1.29, 1.82) is 0 Å². The van der Waals surface area contributed by atoms with Crippen LogP contribution in [0.2, 0.25) is 5.15 Å². The van der Waals surface area contributed by atoms with Crippen LogP contribution in [-0.2, 0) is 4.79 Å². The van der Waals surface area contributed by atoms with Crippen LogP contribution in [-0.4, -0.2) is 16.8 Å². The molecule has 2 N–H and O–H groups in total. The van der Waals surface area contributed by atoms with Crippen LogP contribution in [0, 0.1) is 0 Å². The Morgan fingerprint density at radius 2 is 2.00 bits per heavy atom. The number of carbonyl (C=O) groups is 2. The minimum atomic E-state index is -0.545. The number of halogens is 1. The second-order valence-corrected chi connectivity index (χ2v) is 6.12. The number of allylic oxidation sites excluding steroid dienone is 1. The predicted molar refractivity (Wildman–Crippen MR) is 87.0 cm³/mol. The van der Waals surface area contributed by atoms with Crippen molar-refractivity contribution in [2.24, 2.45) is 0 Å². The van der Waals surface area contributed by atoms with Gasteiger partial charge in [0.1, 0.15) is 5.15 Å². The molecule has 0 saturated carbocycles. The summed E-state index contributed by atoms with van der Waals surface area (Å²) in [6.45, 7) is 0. The second kappa shape index (κ2) is 5.35. The molecule has 2 heterocycles. The summed E-state index contributed by atoms with van der Waals surface area (Å²) in [5.74, 6) is 0.0491. The quantitative estimate of drug-likeness (QED) is 0.790. The number of pyridine rings is 1. The highest BCUT2D eigenvalue weighted by Gasteiger charge is 2.35. The van der Waals surface area contributed by atoms with E-state index < -0.39 is 6.04 Å². The van der Waals surface area contributed by atoms with Crippen LogP contribution >= 0.6 is 11.6 Å². The lowest BCUT2D eigenvalue weighted by Crippen LogP contribution is -2.46. The van der Waals surface area contributed by atoms with E-state index in [-0.39, 0.29) is 11.8 Å². The Labute approximate surface area is 137 Å². The Morgan fingerprint density at radius 1 is 1.17 bits per heavy atom. The first kappa shape index (κ1) is 14.2. The Bertz CT molecular complexity index is 875. The average Bonchev–Trinajstić information content (AvgIpc) is 2.53. The summed E-state index contributed by atoms with van der Waals surface area (Å²) < 4.78 is 0. The SMILES string of the molecule is O=C1NC2=C(C(=O)CCC2)C(c2cc3ccccc3nc2Cl)N1. The number of urea groups is 1. The molecule has 0 saturated heterocycles. The molecule has 2 aliphatic rings. The van der Waals surface area contributed by atoms with E-state index in [9.17, 15) is 9.59 Å². The van der Waals surface area contributed by atoms with Crippen molar-refractivity contribution in [2.45, 2.75) is 25.3 Å². The van der Waals surface area contributed by atoms with Gasteiger partial charge in [-0.15, -0.1) is 0 Å². The standard InChI is InChI=1S/C17H14ClN3O2/c18-16-10(8-9-4-1-2-5-11(9)19-16)15-14-12(20-17(23)21-15)6-3-7-13(14)22/h1-2,4-5,8,15H,3,6-7H2,(H2,20,21,23). The Balaban J connectivity index is 1.90. The molecule has 2 amide bonds. The molecule has 0 radical (unpaired) electrons. The van der Waals surface area contributed by atoms with E-state index in [4.69, 9.17) is 11.6 Å². The van der Waals surface area contributed by atoms with Crippen LogP contribution in [0.4, 0.5) is 4.79 Å². The third-order valence-corrected chi connectivity index (χ3v) is 4.60. The largest absolute Gasteiger partial charge is 0.327 e. The van der Waals surface area contributed by atoms with Crippen LogP contribution in [0.5, 0.6) is 0 Å². The van der Waals surface area contributed by atoms with E-state index >= 15 is 0 Å². The lowest BCUT2D eigenvalue weighted by atomic mass is 9.85. The second-order valence-electron chi connectivity index (χ2n) is 5.76. The van der Waals surface area contributed by atoms with Crippen molar-refractivity contribution in [3.63, 3.8) is 0 Å². The van der Waals surface area contributed by atoms with E-state index in [1.54, 1.807) is 0 Å². The molecular weight excluding hydrogens is 314 g/mol. The number of benzene rings is 1. The Hall–Kier alpha value is -2.40. The van der Waals surface area contributed by atoms with Crippen molar-refractivity contribution < 1.29 is 9.59 Å². The molecule has 1 aliphatic heterocycles. The van der Waals surface area contributed by atoms with Gasteiger partial charge in [0, 0.05) is 28.6 Å². The number of hydrogen-bond acceptors (Lipinski definition) is 3. The summed E-state index contributed by atoms with van der Waals surface area (Å²) in [5.41, 5.74) is 2.75. The molecule has 1 aromatic heterocycles. The van der Waals surface area contributed by atoms with Gasteiger partial charge in [0.2, 0.25) is 0 Å². The summed E-state index contributed by atoms with van der Waals surface area (Å²) in [7, 11) is 0. The van der Waals surface area contributed by atoms with Crippen LogP contribution in [0.15, 0.2) is 41.6 Å². The third-order valence-electron chi connectivity index (χ3n) is 4.30. The van der Waals surface area contributed by atoms with Gasteiger partial charge in [-0.2, -0.15) is 0 Å². The maximum absolute atomic E-state index is 12.4. The zero-order valence-electron chi connectivity index (χ0n) is 12.2. The number of aromatic nitrogens is 1. The number of Topliss-reactive ketones (excluding diaryl/α,β-unsaturated/α-hetero) is 1. The third kappa shape index (κ3) is 2.37. The molecule has 1 aliphatic carbocycles.